The van der Waals surface area contributed by atoms with Gasteiger partial charge in [0.15, 0.2) is 0 Å². The summed E-state index contributed by atoms with van der Waals surface area (Å²) in [6.45, 7) is 0.290. The number of nitrogens with zero attached hydrogens (tertiary/aromatic N) is 2. The predicted octanol–water partition coefficient (Wildman–Crippen LogP) is 3.58. The molecule has 4 rings (SSSR count). The fourth-order valence-electron chi connectivity index (χ4n) is 3.95. The van der Waals surface area contributed by atoms with Crippen LogP contribution in [0.2, 0.25) is 5.02 Å². The normalized spacial score (nSPS) is 16.4. The number of aliphatic hydroxyl groups is 1. The summed E-state index contributed by atoms with van der Waals surface area (Å²) in [4.78, 5) is 26.0. The first-order valence-electron chi connectivity index (χ1n) is 9.27. The molecule has 0 bridgehead atoms. The average molecular weight is 435 g/mol. The molecule has 2 N–H and O–H groups in total. The van der Waals surface area contributed by atoms with Crippen LogP contribution in [0.3, 0.4) is 0 Å². The van der Waals surface area contributed by atoms with Gasteiger partial charge in [-0.15, -0.1) is 0 Å². The van der Waals surface area contributed by atoms with Gasteiger partial charge in [0.2, 0.25) is 5.43 Å². The molecule has 1 saturated heterocycles. The predicted molar refractivity (Wildman–Crippen MR) is 109 cm³/mol. The highest BCUT2D eigenvalue weighted by molar-refractivity contribution is 6.38. The molecule has 1 fully saturated rings. The minimum atomic E-state index is -1.47. The highest BCUT2D eigenvalue weighted by atomic mass is 35.5. The van der Waals surface area contributed by atoms with E-state index in [2.05, 4.69) is 0 Å². The molecule has 2 aromatic carbocycles. The van der Waals surface area contributed by atoms with Gasteiger partial charge >= 0.3 is 5.97 Å². The van der Waals surface area contributed by atoms with Crippen LogP contribution in [0.4, 0.5) is 14.5 Å². The number of carboxylic acid groups (broad SMARTS) is 1. The van der Waals surface area contributed by atoms with Gasteiger partial charge in [-0.25, -0.2) is 13.6 Å². The van der Waals surface area contributed by atoms with Crippen LogP contribution in [0.25, 0.3) is 16.6 Å². The van der Waals surface area contributed by atoms with E-state index < -0.39 is 28.6 Å². The van der Waals surface area contributed by atoms with Crippen LogP contribution >= 0.6 is 11.6 Å². The topological polar surface area (TPSA) is 82.8 Å². The number of halogens is 3. The zero-order valence-electron chi connectivity index (χ0n) is 15.6. The van der Waals surface area contributed by atoms with Crippen molar-refractivity contribution in [2.45, 2.75) is 18.9 Å². The lowest BCUT2D eigenvalue weighted by molar-refractivity contribution is 0.0695. The van der Waals surface area contributed by atoms with E-state index in [0.717, 1.165) is 18.7 Å². The molecule has 0 spiro atoms. The van der Waals surface area contributed by atoms with Crippen molar-refractivity contribution in [3.8, 4) is 5.69 Å². The smallest absolute Gasteiger partial charge is 0.341 e. The van der Waals surface area contributed by atoms with Crippen molar-refractivity contribution in [3.63, 3.8) is 0 Å². The van der Waals surface area contributed by atoms with Crippen LogP contribution in [0.15, 0.2) is 41.3 Å². The Morgan fingerprint density at radius 3 is 2.57 bits per heavy atom. The number of hydrogen-bond donors (Lipinski definition) is 2. The van der Waals surface area contributed by atoms with Gasteiger partial charge in [0, 0.05) is 18.4 Å². The number of benzene rings is 2. The monoisotopic (exact) mass is 434 g/mol. The summed E-state index contributed by atoms with van der Waals surface area (Å²) in [5.41, 5.74) is -0.936. The Morgan fingerprint density at radius 1 is 1.23 bits per heavy atom. The minimum absolute atomic E-state index is 0.0408. The third-order valence-electron chi connectivity index (χ3n) is 5.37. The maximum absolute atomic E-state index is 15.1. The number of aromatic carboxylic acids is 1. The lowest BCUT2D eigenvalue weighted by atomic mass is 10.1. The van der Waals surface area contributed by atoms with Crippen LogP contribution in [0.5, 0.6) is 0 Å². The lowest BCUT2D eigenvalue weighted by Crippen LogP contribution is -2.33. The van der Waals surface area contributed by atoms with E-state index in [-0.39, 0.29) is 34.3 Å². The molecule has 0 aliphatic carbocycles. The minimum Gasteiger partial charge on any atom is -0.477 e. The molecule has 3 aromatic rings. The Morgan fingerprint density at radius 2 is 1.93 bits per heavy atom. The summed E-state index contributed by atoms with van der Waals surface area (Å²) >= 11 is 6.59. The van der Waals surface area contributed by atoms with Crippen molar-refractivity contribution < 1.29 is 23.8 Å². The van der Waals surface area contributed by atoms with E-state index >= 15 is 4.39 Å². The van der Waals surface area contributed by atoms with Crippen molar-refractivity contribution in [1.82, 2.24) is 4.57 Å². The molecule has 1 aliphatic rings. The lowest BCUT2D eigenvalue weighted by Gasteiger charge is -2.28. The molecule has 0 amide bonds. The summed E-state index contributed by atoms with van der Waals surface area (Å²) in [6, 6.07) is 5.81. The van der Waals surface area contributed by atoms with Gasteiger partial charge < -0.3 is 19.7 Å². The third kappa shape index (κ3) is 3.22. The Hall–Kier alpha value is -2.97. The second-order valence-corrected chi connectivity index (χ2v) is 7.49. The molecule has 9 heteroatoms. The molecule has 30 heavy (non-hydrogen) atoms. The molecule has 0 radical (unpaired) electrons. The van der Waals surface area contributed by atoms with Gasteiger partial charge in [0.1, 0.15) is 17.2 Å². The SMILES string of the molecule is O=C(O)c1cn(-c2ccc(F)cc2)c2c(Cl)c(N3CCC[C@@H]3CO)c(F)cc2c1=O. The average Bonchev–Trinajstić information content (AvgIpc) is 3.17. The number of carbonyl (C=O) groups is 1. The van der Waals surface area contributed by atoms with Crippen molar-refractivity contribution >= 4 is 34.2 Å². The van der Waals surface area contributed by atoms with E-state index in [1.54, 1.807) is 4.90 Å². The molecule has 1 aliphatic heterocycles. The Kier molecular flexibility index (Phi) is 5.21. The van der Waals surface area contributed by atoms with Crippen LogP contribution in [-0.4, -0.2) is 39.9 Å². The van der Waals surface area contributed by atoms with Gasteiger partial charge in [-0.2, -0.15) is 0 Å². The molecule has 0 unspecified atom stereocenters. The number of hydrogen-bond acceptors (Lipinski definition) is 4. The Labute approximate surface area is 174 Å². The number of carboxylic acids is 1. The second kappa shape index (κ2) is 7.70. The molecule has 1 atom stereocenters. The van der Waals surface area contributed by atoms with Crippen LogP contribution < -0.4 is 10.3 Å². The van der Waals surface area contributed by atoms with Crippen molar-refractivity contribution in [3.05, 3.63) is 69.0 Å². The van der Waals surface area contributed by atoms with Crippen LogP contribution in [0.1, 0.15) is 23.2 Å². The molecular formula is C21H17ClF2N2O4. The highest BCUT2D eigenvalue weighted by Crippen LogP contribution is 2.39. The zero-order valence-corrected chi connectivity index (χ0v) is 16.4. The molecular weight excluding hydrogens is 418 g/mol. The van der Waals surface area contributed by atoms with E-state index in [1.165, 1.54) is 28.8 Å². The summed E-state index contributed by atoms with van der Waals surface area (Å²) in [5.74, 6) is -2.75. The number of aromatic nitrogens is 1. The molecule has 2 heterocycles. The quantitative estimate of drug-likeness (QED) is 0.656. The van der Waals surface area contributed by atoms with Crippen LogP contribution in [0, 0.1) is 11.6 Å². The van der Waals surface area contributed by atoms with E-state index in [0.29, 0.717) is 18.7 Å². The fourth-order valence-corrected chi connectivity index (χ4v) is 4.34. The fraction of sp³-hybridized carbons (Fsp3) is 0.238. The first-order valence-corrected chi connectivity index (χ1v) is 9.65. The van der Waals surface area contributed by atoms with Gasteiger partial charge in [-0.3, -0.25) is 4.79 Å². The largest absolute Gasteiger partial charge is 0.477 e. The van der Waals surface area contributed by atoms with Crippen molar-refractivity contribution in [2.75, 3.05) is 18.1 Å². The van der Waals surface area contributed by atoms with Gasteiger partial charge in [0.25, 0.3) is 0 Å². The number of pyridine rings is 1. The van der Waals surface area contributed by atoms with Gasteiger partial charge in [-0.05, 0) is 43.2 Å². The van der Waals surface area contributed by atoms with Gasteiger partial charge in [0.05, 0.1) is 34.3 Å². The van der Waals surface area contributed by atoms with E-state index in [1.807, 2.05) is 0 Å². The van der Waals surface area contributed by atoms with E-state index in [4.69, 9.17) is 11.6 Å². The van der Waals surface area contributed by atoms with E-state index in [9.17, 15) is 24.2 Å². The molecule has 1 aromatic heterocycles. The number of aliphatic hydroxyl groups excluding tert-OH is 1. The number of fused-ring (bicyclic) bond motifs is 1. The summed E-state index contributed by atoms with van der Waals surface area (Å²) in [7, 11) is 0. The maximum atomic E-state index is 15.1. The molecule has 6 nitrogen and oxygen atoms in total. The van der Waals surface area contributed by atoms with Gasteiger partial charge in [-0.1, -0.05) is 11.6 Å². The first kappa shape index (κ1) is 20.3. The zero-order chi connectivity index (χ0) is 21.6. The van der Waals surface area contributed by atoms with Crippen molar-refractivity contribution in [1.29, 1.82) is 0 Å². The summed E-state index contributed by atoms with van der Waals surface area (Å²) < 4.78 is 29.8. The van der Waals surface area contributed by atoms with Crippen LogP contribution in [-0.2, 0) is 0 Å². The van der Waals surface area contributed by atoms with Crippen molar-refractivity contribution in [2.24, 2.45) is 0 Å². The number of rotatable bonds is 4. The first-order chi connectivity index (χ1) is 14.3. The maximum Gasteiger partial charge on any atom is 0.341 e. The standard InChI is InChI=1S/C21H17ClF2N2O4/c22-17-18-14(8-16(24)19(17)25-7-1-2-13(25)10-27)20(28)15(21(29)30)9-26(18)12-5-3-11(23)4-6-12/h3-6,8-9,13,27H,1-2,7,10H2,(H,29,30)/t13-/m1/s1. The third-order valence-corrected chi connectivity index (χ3v) is 5.72. The summed E-state index contributed by atoms with van der Waals surface area (Å²) in [6.07, 6.45) is 2.50. The summed E-state index contributed by atoms with van der Waals surface area (Å²) in [5, 5.41) is 18.8. The Balaban J connectivity index is 2.09. The molecule has 156 valence electrons. The highest BCUT2D eigenvalue weighted by Gasteiger charge is 2.30. The Bertz CT molecular complexity index is 1210. The second-order valence-electron chi connectivity index (χ2n) is 7.11. The number of anilines is 1. The molecule has 0 saturated carbocycles.